The van der Waals surface area contributed by atoms with Crippen molar-refractivity contribution in [1.82, 2.24) is 10.2 Å². The molecule has 2 amide bonds. The number of amides is 2. The van der Waals surface area contributed by atoms with Gasteiger partial charge in [-0.1, -0.05) is 29.8 Å². The van der Waals surface area contributed by atoms with Crippen molar-refractivity contribution in [3.05, 3.63) is 59.0 Å². The monoisotopic (exact) mass is 328 g/mol. The molecule has 0 unspecified atom stereocenters. The van der Waals surface area contributed by atoms with Gasteiger partial charge in [-0.25, -0.2) is 0 Å². The largest absolute Gasteiger partial charge is 0.464 e. The molecular formula is C19H24N2O3. The summed E-state index contributed by atoms with van der Waals surface area (Å²) in [6.07, 6.45) is 0.207. The summed E-state index contributed by atoms with van der Waals surface area (Å²) in [6.45, 7) is 5.74. The van der Waals surface area contributed by atoms with Gasteiger partial charge in [0.05, 0.1) is 19.0 Å². The third-order valence-electron chi connectivity index (χ3n) is 3.85. The lowest BCUT2D eigenvalue weighted by Gasteiger charge is -2.22. The molecule has 1 aromatic carbocycles. The highest BCUT2D eigenvalue weighted by Gasteiger charge is 2.20. The third-order valence-corrected chi connectivity index (χ3v) is 3.85. The minimum absolute atomic E-state index is 0.0524. The lowest BCUT2D eigenvalue weighted by Crippen LogP contribution is -2.33. The third kappa shape index (κ3) is 4.98. The molecule has 0 aliphatic heterocycles. The standard InChI is InChI=1S/C19H24N2O3/c1-13-5-8-16(9-6-13)18(20-15(3)22)11-19(23)21(4)12-17-10-7-14(2)24-17/h5-10,18H,11-12H2,1-4H3,(H,20,22)/t18-/m1/s1. The minimum Gasteiger partial charge on any atom is -0.464 e. The highest BCUT2D eigenvalue weighted by atomic mass is 16.3. The molecule has 1 atom stereocenters. The number of furan rings is 1. The van der Waals surface area contributed by atoms with Gasteiger partial charge in [0.15, 0.2) is 0 Å². The van der Waals surface area contributed by atoms with Gasteiger partial charge in [0.1, 0.15) is 11.5 Å². The number of aryl methyl sites for hydroxylation is 2. The highest BCUT2D eigenvalue weighted by molar-refractivity contribution is 5.79. The van der Waals surface area contributed by atoms with Gasteiger partial charge in [-0.3, -0.25) is 9.59 Å². The topological polar surface area (TPSA) is 62.6 Å². The molecular weight excluding hydrogens is 304 g/mol. The Bertz CT molecular complexity index is 704. The van der Waals surface area contributed by atoms with Gasteiger partial charge in [-0.05, 0) is 31.5 Å². The summed E-state index contributed by atoms with van der Waals surface area (Å²) in [7, 11) is 1.74. The fraction of sp³-hybridized carbons (Fsp3) is 0.368. The van der Waals surface area contributed by atoms with Crippen LogP contribution in [0.1, 0.15) is 42.0 Å². The molecule has 1 N–H and O–H groups in total. The molecule has 2 aromatic rings. The Morgan fingerprint density at radius 2 is 1.79 bits per heavy atom. The fourth-order valence-corrected chi connectivity index (χ4v) is 2.52. The molecule has 5 nitrogen and oxygen atoms in total. The summed E-state index contributed by atoms with van der Waals surface area (Å²) in [6, 6.07) is 11.2. The Balaban J connectivity index is 2.05. The first-order chi connectivity index (χ1) is 11.3. The smallest absolute Gasteiger partial charge is 0.225 e. The molecule has 0 saturated carbocycles. The molecule has 0 aliphatic rings. The molecule has 1 aromatic heterocycles. The first-order valence-electron chi connectivity index (χ1n) is 7.98. The first kappa shape index (κ1) is 17.8. The zero-order valence-electron chi connectivity index (χ0n) is 14.6. The van der Waals surface area contributed by atoms with Crippen LogP contribution >= 0.6 is 0 Å². The summed E-state index contributed by atoms with van der Waals surface area (Å²) in [5, 5.41) is 2.86. The number of nitrogens with zero attached hydrogens (tertiary/aromatic N) is 1. The van der Waals surface area contributed by atoms with E-state index in [0.29, 0.717) is 6.54 Å². The van der Waals surface area contributed by atoms with E-state index < -0.39 is 0 Å². The number of nitrogens with one attached hydrogen (secondary N) is 1. The first-order valence-corrected chi connectivity index (χ1v) is 7.98. The summed E-state index contributed by atoms with van der Waals surface area (Å²) in [5.41, 5.74) is 2.06. The lowest BCUT2D eigenvalue weighted by atomic mass is 10.0. The number of hydrogen-bond donors (Lipinski definition) is 1. The molecule has 0 fully saturated rings. The van der Waals surface area contributed by atoms with E-state index in [1.165, 1.54) is 6.92 Å². The average molecular weight is 328 g/mol. The second-order valence-electron chi connectivity index (χ2n) is 6.13. The summed E-state index contributed by atoms with van der Waals surface area (Å²) in [4.78, 5) is 25.6. The quantitative estimate of drug-likeness (QED) is 0.886. The Morgan fingerprint density at radius 1 is 1.12 bits per heavy atom. The summed E-state index contributed by atoms with van der Waals surface area (Å²) >= 11 is 0. The molecule has 24 heavy (non-hydrogen) atoms. The maximum absolute atomic E-state index is 12.5. The zero-order valence-corrected chi connectivity index (χ0v) is 14.6. The van der Waals surface area contributed by atoms with E-state index in [2.05, 4.69) is 5.32 Å². The molecule has 0 bridgehead atoms. The van der Waals surface area contributed by atoms with Crippen molar-refractivity contribution in [1.29, 1.82) is 0 Å². The second-order valence-corrected chi connectivity index (χ2v) is 6.13. The Labute approximate surface area is 142 Å². The number of rotatable bonds is 6. The van der Waals surface area contributed by atoms with Crippen LogP contribution in [0.25, 0.3) is 0 Å². The van der Waals surface area contributed by atoms with Crippen molar-refractivity contribution in [2.75, 3.05) is 7.05 Å². The fourth-order valence-electron chi connectivity index (χ4n) is 2.52. The van der Waals surface area contributed by atoms with Crippen LogP contribution in [0.4, 0.5) is 0 Å². The second kappa shape index (κ2) is 7.81. The van der Waals surface area contributed by atoms with Gasteiger partial charge in [0.2, 0.25) is 11.8 Å². The summed E-state index contributed by atoms with van der Waals surface area (Å²) in [5.74, 6) is 1.36. The van der Waals surface area contributed by atoms with Crippen LogP contribution in [0.2, 0.25) is 0 Å². The molecule has 0 spiro atoms. The maximum atomic E-state index is 12.5. The van der Waals surface area contributed by atoms with E-state index in [9.17, 15) is 9.59 Å². The van der Waals surface area contributed by atoms with Crippen molar-refractivity contribution < 1.29 is 14.0 Å². The molecule has 1 heterocycles. The molecule has 0 saturated heterocycles. The number of benzene rings is 1. The molecule has 0 aliphatic carbocycles. The highest BCUT2D eigenvalue weighted by Crippen LogP contribution is 2.19. The van der Waals surface area contributed by atoms with Crippen LogP contribution in [0.15, 0.2) is 40.8 Å². The average Bonchev–Trinajstić information content (AvgIpc) is 2.92. The van der Waals surface area contributed by atoms with Gasteiger partial charge in [0.25, 0.3) is 0 Å². The van der Waals surface area contributed by atoms with Gasteiger partial charge in [0, 0.05) is 14.0 Å². The van der Waals surface area contributed by atoms with Crippen molar-refractivity contribution in [3.8, 4) is 0 Å². The van der Waals surface area contributed by atoms with E-state index >= 15 is 0 Å². The molecule has 5 heteroatoms. The van der Waals surface area contributed by atoms with E-state index in [1.54, 1.807) is 11.9 Å². The maximum Gasteiger partial charge on any atom is 0.225 e. The predicted molar refractivity (Wildman–Crippen MR) is 92.3 cm³/mol. The van der Waals surface area contributed by atoms with Crippen LogP contribution in [0, 0.1) is 13.8 Å². The molecule has 0 radical (unpaired) electrons. The Kier molecular flexibility index (Phi) is 5.79. The minimum atomic E-state index is -0.337. The number of carbonyl (C=O) groups is 2. The van der Waals surface area contributed by atoms with Gasteiger partial charge in [-0.2, -0.15) is 0 Å². The Hall–Kier alpha value is -2.56. The van der Waals surface area contributed by atoms with Crippen LogP contribution in [-0.4, -0.2) is 23.8 Å². The summed E-state index contributed by atoms with van der Waals surface area (Å²) < 4.78 is 5.51. The van der Waals surface area contributed by atoms with E-state index in [4.69, 9.17) is 4.42 Å². The van der Waals surface area contributed by atoms with Crippen LogP contribution in [0.5, 0.6) is 0 Å². The van der Waals surface area contributed by atoms with Crippen molar-refractivity contribution in [2.45, 2.75) is 39.8 Å². The predicted octanol–water partition coefficient (Wildman–Crippen LogP) is 3.12. The lowest BCUT2D eigenvalue weighted by molar-refractivity contribution is -0.131. The Morgan fingerprint density at radius 3 is 2.33 bits per heavy atom. The normalized spacial score (nSPS) is 11.8. The van der Waals surface area contributed by atoms with Crippen molar-refractivity contribution in [3.63, 3.8) is 0 Å². The van der Waals surface area contributed by atoms with Crippen molar-refractivity contribution in [2.24, 2.45) is 0 Å². The van der Waals surface area contributed by atoms with E-state index in [1.807, 2.05) is 50.2 Å². The van der Waals surface area contributed by atoms with Gasteiger partial charge < -0.3 is 14.6 Å². The molecule has 2 rings (SSSR count). The van der Waals surface area contributed by atoms with Crippen LogP contribution in [0.3, 0.4) is 0 Å². The van der Waals surface area contributed by atoms with E-state index in [0.717, 1.165) is 22.6 Å². The van der Waals surface area contributed by atoms with Crippen LogP contribution < -0.4 is 5.32 Å². The van der Waals surface area contributed by atoms with Crippen LogP contribution in [-0.2, 0) is 16.1 Å². The SMILES string of the molecule is CC(=O)N[C@H](CC(=O)N(C)Cc1ccc(C)o1)c1ccc(C)cc1. The van der Waals surface area contributed by atoms with Gasteiger partial charge >= 0.3 is 0 Å². The van der Waals surface area contributed by atoms with E-state index in [-0.39, 0.29) is 24.3 Å². The number of carbonyl (C=O) groups excluding carboxylic acids is 2. The zero-order chi connectivity index (χ0) is 17.7. The van der Waals surface area contributed by atoms with Crippen molar-refractivity contribution >= 4 is 11.8 Å². The van der Waals surface area contributed by atoms with Gasteiger partial charge in [-0.15, -0.1) is 0 Å². The molecule has 128 valence electrons. The number of hydrogen-bond acceptors (Lipinski definition) is 3.